The third kappa shape index (κ3) is 5.34. The highest BCUT2D eigenvalue weighted by atomic mass is 35.5. The van der Waals surface area contributed by atoms with E-state index >= 15 is 0 Å². The van der Waals surface area contributed by atoms with Gasteiger partial charge in [-0.05, 0) is 35.8 Å². The van der Waals surface area contributed by atoms with Crippen LogP contribution in [-0.4, -0.2) is 36.8 Å². The van der Waals surface area contributed by atoms with Crippen molar-refractivity contribution >= 4 is 45.0 Å². The van der Waals surface area contributed by atoms with Gasteiger partial charge < -0.3 is 4.90 Å². The molecule has 0 saturated carbocycles. The van der Waals surface area contributed by atoms with Gasteiger partial charge in [0.2, 0.25) is 5.91 Å². The van der Waals surface area contributed by atoms with Gasteiger partial charge in [-0.2, -0.15) is 0 Å². The van der Waals surface area contributed by atoms with Crippen LogP contribution in [0.4, 0.5) is 0 Å². The van der Waals surface area contributed by atoms with Crippen molar-refractivity contribution in [1.82, 2.24) is 4.90 Å². The summed E-state index contributed by atoms with van der Waals surface area (Å²) in [4.78, 5) is 14.5. The number of rotatable bonds is 5. The molecule has 142 valence electrons. The lowest BCUT2D eigenvalue weighted by Gasteiger charge is -2.27. The topological polar surface area (TPSA) is 54.5 Å². The zero-order valence-corrected chi connectivity index (χ0v) is 16.8. The first kappa shape index (κ1) is 19.9. The molecule has 0 unspecified atom stereocenters. The van der Waals surface area contributed by atoms with Crippen molar-refractivity contribution in [2.45, 2.75) is 19.0 Å². The maximum atomic E-state index is 12.9. The van der Waals surface area contributed by atoms with E-state index in [4.69, 9.17) is 23.2 Å². The zero-order valence-electron chi connectivity index (χ0n) is 14.5. The average molecular weight is 424 g/mol. The Bertz CT molecular complexity index is 958. The molecule has 1 aliphatic heterocycles. The molecule has 7 heteroatoms. The largest absolute Gasteiger partial charge is 0.331 e. The lowest BCUT2D eigenvalue weighted by atomic mass is 10.1. The van der Waals surface area contributed by atoms with Crippen LogP contribution in [-0.2, 0) is 21.2 Å². The van der Waals surface area contributed by atoms with Gasteiger partial charge in [0, 0.05) is 28.7 Å². The Balaban J connectivity index is 1.85. The number of amides is 1. The fourth-order valence-corrected chi connectivity index (χ4v) is 5.27. The second kappa shape index (κ2) is 8.46. The van der Waals surface area contributed by atoms with Crippen molar-refractivity contribution in [3.05, 3.63) is 75.8 Å². The summed E-state index contributed by atoms with van der Waals surface area (Å²) in [6.45, 7) is 0.230. The number of carbonyl (C=O) groups excluding carboxylic acids is 1. The molecule has 2 aromatic carbocycles. The summed E-state index contributed by atoms with van der Waals surface area (Å²) in [7, 11) is -3.12. The molecule has 2 aromatic rings. The van der Waals surface area contributed by atoms with Gasteiger partial charge in [0.1, 0.15) is 0 Å². The summed E-state index contributed by atoms with van der Waals surface area (Å²) in [5, 5.41) is 0.960. The average Bonchev–Trinajstić information content (AvgIpc) is 2.99. The van der Waals surface area contributed by atoms with Crippen LogP contribution in [0.1, 0.15) is 17.5 Å². The van der Waals surface area contributed by atoms with Crippen molar-refractivity contribution in [2.24, 2.45) is 0 Å². The van der Waals surface area contributed by atoms with E-state index in [1.165, 1.54) is 6.08 Å². The molecule has 1 amide bonds. The van der Waals surface area contributed by atoms with Crippen molar-refractivity contribution in [3.8, 4) is 0 Å². The predicted octanol–water partition coefficient (Wildman–Crippen LogP) is 4.22. The first-order valence-corrected chi connectivity index (χ1v) is 11.1. The third-order valence-electron chi connectivity index (χ3n) is 4.51. The lowest BCUT2D eigenvalue weighted by Crippen LogP contribution is -2.39. The third-order valence-corrected chi connectivity index (χ3v) is 6.84. The molecule has 0 radical (unpaired) electrons. The Morgan fingerprint density at radius 1 is 1.15 bits per heavy atom. The van der Waals surface area contributed by atoms with E-state index in [9.17, 15) is 13.2 Å². The molecule has 0 bridgehead atoms. The number of hydrogen-bond acceptors (Lipinski definition) is 3. The van der Waals surface area contributed by atoms with E-state index in [0.29, 0.717) is 16.5 Å². The Morgan fingerprint density at radius 3 is 2.52 bits per heavy atom. The number of benzene rings is 2. The van der Waals surface area contributed by atoms with Gasteiger partial charge in [-0.15, -0.1) is 0 Å². The molecule has 3 rings (SSSR count). The fraction of sp³-hybridized carbons (Fsp3) is 0.250. The van der Waals surface area contributed by atoms with Crippen LogP contribution in [0.5, 0.6) is 0 Å². The predicted molar refractivity (Wildman–Crippen MR) is 110 cm³/mol. The highest BCUT2D eigenvalue weighted by molar-refractivity contribution is 7.91. The van der Waals surface area contributed by atoms with E-state index in [1.807, 2.05) is 30.3 Å². The number of hydrogen-bond donors (Lipinski definition) is 0. The first-order chi connectivity index (χ1) is 12.8. The molecule has 1 heterocycles. The monoisotopic (exact) mass is 423 g/mol. The van der Waals surface area contributed by atoms with Gasteiger partial charge in [0.25, 0.3) is 0 Å². The van der Waals surface area contributed by atoms with E-state index in [1.54, 1.807) is 29.2 Å². The van der Waals surface area contributed by atoms with Gasteiger partial charge >= 0.3 is 0 Å². The van der Waals surface area contributed by atoms with Crippen LogP contribution in [0.15, 0.2) is 54.6 Å². The van der Waals surface area contributed by atoms with Crippen molar-refractivity contribution in [3.63, 3.8) is 0 Å². The van der Waals surface area contributed by atoms with E-state index < -0.39 is 9.84 Å². The van der Waals surface area contributed by atoms with Gasteiger partial charge in [0.15, 0.2) is 9.84 Å². The minimum absolute atomic E-state index is 0.0247. The first-order valence-electron chi connectivity index (χ1n) is 8.52. The molecule has 1 atom stereocenters. The molecule has 4 nitrogen and oxygen atoms in total. The molecule has 1 aliphatic rings. The van der Waals surface area contributed by atoms with Crippen LogP contribution in [0.2, 0.25) is 10.0 Å². The van der Waals surface area contributed by atoms with Gasteiger partial charge in [-0.25, -0.2) is 8.42 Å². The summed E-state index contributed by atoms with van der Waals surface area (Å²) in [5.41, 5.74) is 1.63. The molecule has 0 aliphatic carbocycles. The molecule has 27 heavy (non-hydrogen) atoms. The van der Waals surface area contributed by atoms with Crippen LogP contribution >= 0.6 is 23.2 Å². The highest BCUT2D eigenvalue weighted by Gasteiger charge is 2.34. The molecule has 1 saturated heterocycles. The molecule has 1 fully saturated rings. The molecular weight excluding hydrogens is 405 g/mol. The van der Waals surface area contributed by atoms with Crippen molar-refractivity contribution in [1.29, 1.82) is 0 Å². The van der Waals surface area contributed by atoms with Crippen molar-refractivity contribution in [2.75, 3.05) is 11.5 Å². The van der Waals surface area contributed by atoms with Crippen LogP contribution in [0.25, 0.3) is 6.08 Å². The van der Waals surface area contributed by atoms with E-state index in [0.717, 1.165) is 11.1 Å². The standard InChI is InChI=1S/C20H19Cl2NO3S/c21-17-8-7-16(19(22)12-17)13-23(18-10-11-27(25,26)14-18)20(24)9-6-15-4-2-1-3-5-15/h1-9,12,18H,10-11,13-14H2/b9-6+/t18-/m1/s1. The van der Waals surface area contributed by atoms with E-state index in [2.05, 4.69) is 0 Å². The van der Waals surface area contributed by atoms with E-state index in [-0.39, 0.29) is 30.0 Å². The van der Waals surface area contributed by atoms with Crippen LogP contribution in [0.3, 0.4) is 0 Å². The maximum Gasteiger partial charge on any atom is 0.247 e. The summed E-state index contributed by atoms with van der Waals surface area (Å²) >= 11 is 12.2. The SMILES string of the molecule is O=C(/C=C/c1ccccc1)N(Cc1ccc(Cl)cc1Cl)[C@@H]1CCS(=O)(=O)C1. The number of carbonyl (C=O) groups is 1. The normalized spacial score (nSPS) is 18.7. The minimum atomic E-state index is -3.12. The summed E-state index contributed by atoms with van der Waals surface area (Å²) in [5.74, 6) is -0.173. The van der Waals surface area contributed by atoms with Crippen LogP contribution in [0, 0.1) is 0 Å². The fourth-order valence-electron chi connectivity index (χ4n) is 3.07. The number of nitrogens with zero attached hydrogens (tertiary/aromatic N) is 1. The summed E-state index contributed by atoms with van der Waals surface area (Å²) in [6.07, 6.45) is 3.63. The number of sulfone groups is 1. The Hall–Kier alpha value is -1.82. The maximum absolute atomic E-state index is 12.9. The van der Waals surface area contributed by atoms with Crippen molar-refractivity contribution < 1.29 is 13.2 Å². The molecule has 0 N–H and O–H groups in total. The second-order valence-corrected chi connectivity index (χ2v) is 9.58. The lowest BCUT2D eigenvalue weighted by molar-refractivity contribution is -0.128. The summed E-state index contributed by atoms with van der Waals surface area (Å²) < 4.78 is 23.8. The van der Waals surface area contributed by atoms with Gasteiger partial charge in [-0.3, -0.25) is 4.79 Å². The van der Waals surface area contributed by atoms with Gasteiger partial charge in [0.05, 0.1) is 11.5 Å². The molecule has 0 aromatic heterocycles. The Labute approximate surface area is 169 Å². The second-order valence-electron chi connectivity index (χ2n) is 6.50. The smallest absolute Gasteiger partial charge is 0.247 e. The minimum Gasteiger partial charge on any atom is -0.331 e. The Morgan fingerprint density at radius 2 is 1.89 bits per heavy atom. The highest BCUT2D eigenvalue weighted by Crippen LogP contribution is 2.26. The molecular formula is C20H19Cl2NO3S. The number of halogens is 2. The molecule has 0 spiro atoms. The van der Waals surface area contributed by atoms with Crippen LogP contribution < -0.4 is 0 Å². The quantitative estimate of drug-likeness (QED) is 0.676. The Kier molecular flexibility index (Phi) is 6.25. The zero-order chi connectivity index (χ0) is 19.4. The van der Waals surface area contributed by atoms with Gasteiger partial charge in [-0.1, -0.05) is 59.6 Å². The summed E-state index contributed by atoms with van der Waals surface area (Å²) in [6, 6.07) is 14.2.